The van der Waals surface area contributed by atoms with Crippen molar-refractivity contribution in [3.63, 3.8) is 0 Å². The minimum Gasteiger partial charge on any atom is -0.462 e. The lowest BCUT2D eigenvalue weighted by Gasteiger charge is -2.14. The molecule has 0 saturated heterocycles. The number of esters is 1. The Kier molecular flexibility index (Phi) is 5.72. The van der Waals surface area contributed by atoms with E-state index in [1.807, 2.05) is 21.0 Å². The summed E-state index contributed by atoms with van der Waals surface area (Å²) in [6, 6.07) is 0. The molecule has 0 bridgehead atoms. The first-order valence-corrected chi connectivity index (χ1v) is 4.40. The summed E-state index contributed by atoms with van der Waals surface area (Å²) in [6.07, 6.45) is 2.05. The van der Waals surface area contributed by atoms with Crippen molar-refractivity contribution in [2.24, 2.45) is 0 Å². The molecular formula is C9H19NO2. The van der Waals surface area contributed by atoms with E-state index in [1.54, 1.807) is 4.90 Å². The Labute approximate surface area is 74.7 Å². The Bertz CT molecular complexity index is 134. The van der Waals surface area contributed by atoms with E-state index in [0.717, 1.165) is 12.8 Å². The van der Waals surface area contributed by atoms with Gasteiger partial charge in [0.25, 0.3) is 0 Å². The van der Waals surface area contributed by atoms with Crippen LogP contribution in [0.25, 0.3) is 0 Å². The molecule has 3 heteroatoms. The number of likely N-dealkylation sites (N-methyl/N-ethyl adjacent to an activating group) is 1. The molecule has 0 heterocycles. The summed E-state index contributed by atoms with van der Waals surface area (Å²) >= 11 is 0. The van der Waals surface area contributed by atoms with Gasteiger partial charge in [-0.05, 0) is 27.4 Å². The van der Waals surface area contributed by atoms with Gasteiger partial charge in [-0.25, -0.2) is 0 Å². The molecule has 0 rings (SSSR count). The maximum Gasteiger partial charge on any atom is 0.320 e. The van der Waals surface area contributed by atoms with Gasteiger partial charge in [-0.15, -0.1) is 0 Å². The van der Waals surface area contributed by atoms with Crippen LogP contribution in [0.2, 0.25) is 0 Å². The van der Waals surface area contributed by atoms with E-state index in [1.165, 1.54) is 0 Å². The van der Waals surface area contributed by atoms with E-state index in [-0.39, 0.29) is 12.1 Å². The van der Waals surface area contributed by atoms with Crippen molar-refractivity contribution in [1.29, 1.82) is 0 Å². The molecule has 0 N–H and O–H groups in total. The fraction of sp³-hybridized carbons (Fsp3) is 0.889. The van der Waals surface area contributed by atoms with Gasteiger partial charge < -0.3 is 4.74 Å². The zero-order chi connectivity index (χ0) is 9.56. The molecule has 0 radical (unpaired) electrons. The number of nitrogens with zero attached hydrogens (tertiary/aromatic N) is 1. The van der Waals surface area contributed by atoms with Gasteiger partial charge in [0.05, 0.1) is 12.6 Å². The molecule has 0 spiro atoms. The van der Waals surface area contributed by atoms with E-state index >= 15 is 0 Å². The largest absolute Gasteiger partial charge is 0.462 e. The maximum atomic E-state index is 11.1. The molecule has 3 nitrogen and oxygen atoms in total. The molecule has 1 atom stereocenters. The Hall–Kier alpha value is -0.570. The van der Waals surface area contributed by atoms with Gasteiger partial charge in [0.1, 0.15) is 0 Å². The molecule has 12 heavy (non-hydrogen) atoms. The van der Waals surface area contributed by atoms with Crippen molar-refractivity contribution in [2.45, 2.75) is 32.8 Å². The second-order valence-electron chi connectivity index (χ2n) is 3.33. The van der Waals surface area contributed by atoms with Gasteiger partial charge in [0.15, 0.2) is 0 Å². The van der Waals surface area contributed by atoms with Gasteiger partial charge in [-0.2, -0.15) is 0 Å². The van der Waals surface area contributed by atoms with Gasteiger partial charge >= 0.3 is 5.97 Å². The molecule has 0 aromatic heterocycles. The number of rotatable bonds is 5. The number of carbonyl (C=O) groups is 1. The highest BCUT2D eigenvalue weighted by atomic mass is 16.5. The van der Waals surface area contributed by atoms with Crippen molar-refractivity contribution in [3.8, 4) is 0 Å². The van der Waals surface area contributed by atoms with Crippen LogP contribution in [0.4, 0.5) is 0 Å². The standard InChI is InChI=1S/C9H19NO2/c1-5-6-8(2)12-9(11)7-10(3)4/h8H,5-7H2,1-4H3. The van der Waals surface area contributed by atoms with Crippen LogP contribution in [0.3, 0.4) is 0 Å². The number of hydrogen-bond acceptors (Lipinski definition) is 3. The first-order chi connectivity index (χ1) is 5.56. The SMILES string of the molecule is CCCC(C)OC(=O)CN(C)C. The highest BCUT2D eigenvalue weighted by Gasteiger charge is 2.08. The average Bonchev–Trinajstić information content (AvgIpc) is 1.84. The molecule has 0 fully saturated rings. The molecule has 0 amide bonds. The van der Waals surface area contributed by atoms with Crippen LogP contribution in [-0.2, 0) is 9.53 Å². The van der Waals surface area contributed by atoms with E-state index in [9.17, 15) is 4.79 Å². The third-order valence-electron chi connectivity index (χ3n) is 1.47. The smallest absolute Gasteiger partial charge is 0.320 e. The summed E-state index contributed by atoms with van der Waals surface area (Å²) in [5.41, 5.74) is 0. The normalized spacial score (nSPS) is 13.1. The van der Waals surface area contributed by atoms with Gasteiger partial charge in [-0.3, -0.25) is 9.69 Å². The lowest BCUT2D eigenvalue weighted by molar-refractivity contribution is -0.149. The van der Waals surface area contributed by atoms with E-state index in [2.05, 4.69) is 6.92 Å². The summed E-state index contributed by atoms with van der Waals surface area (Å²) < 4.78 is 5.12. The molecule has 72 valence electrons. The van der Waals surface area contributed by atoms with Gasteiger partial charge in [0.2, 0.25) is 0 Å². The minimum absolute atomic E-state index is 0.0578. The van der Waals surface area contributed by atoms with Crippen LogP contribution in [0.15, 0.2) is 0 Å². The fourth-order valence-corrected chi connectivity index (χ4v) is 0.985. The first kappa shape index (κ1) is 11.4. The van der Waals surface area contributed by atoms with Crippen LogP contribution in [-0.4, -0.2) is 37.6 Å². The number of hydrogen-bond donors (Lipinski definition) is 0. The Morgan fingerprint density at radius 2 is 2.08 bits per heavy atom. The molecule has 0 aliphatic rings. The lowest BCUT2D eigenvalue weighted by Crippen LogP contribution is -2.26. The first-order valence-electron chi connectivity index (χ1n) is 4.40. The molecule has 0 aliphatic carbocycles. The second-order valence-corrected chi connectivity index (χ2v) is 3.33. The average molecular weight is 173 g/mol. The molecule has 0 aliphatic heterocycles. The predicted molar refractivity (Wildman–Crippen MR) is 49.0 cm³/mol. The summed E-state index contributed by atoms with van der Waals surface area (Å²) in [7, 11) is 3.71. The predicted octanol–water partition coefficient (Wildman–Crippen LogP) is 1.28. The highest BCUT2D eigenvalue weighted by molar-refractivity contribution is 5.71. The third kappa shape index (κ3) is 6.16. The van der Waals surface area contributed by atoms with Crippen molar-refractivity contribution >= 4 is 5.97 Å². The zero-order valence-electron chi connectivity index (χ0n) is 8.46. The summed E-state index contributed by atoms with van der Waals surface area (Å²) in [5.74, 6) is -0.138. The van der Waals surface area contributed by atoms with E-state index in [4.69, 9.17) is 4.74 Å². The van der Waals surface area contributed by atoms with Crippen molar-refractivity contribution in [1.82, 2.24) is 4.90 Å². The third-order valence-corrected chi connectivity index (χ3v) is 1.47. The van der Waals surface area contributed by atoms with Crippen LogP contribution < -0.4 is 0 Å². The molecule has 0 aromatic rings. The van der Waals surface area contributed by atoms with Gasteiger partial charge in [-0.1, -0.05) is 13.3 Å². The summed E-state index contributed by atoms with van der Waals surface area (Å²) in [6.45, 7) is 4.38. The second kappa shape index (κ2) is 6.00. The van der Waals surface area contributed by atoms with E-state index in [0.29, 0.717) is 6.54 Å². The summed E-state index contributed by atoms with van der Waals surface area (Å²) in [5, 5.41) is 0. The van der Waals surface area contributed by atoms with Crippen LogP contribution in [0.5, 0.6) is 0 Å². The Balaban J connectivity index is 3.54. The molecule has 0 saturated carbocycles. The molecular weight excluding hydrogens is 154 g/mol. The lowest BCUT2D eigenvalue weighted by atomic mass is 10.2. The van der Waals surface area contributed by atoms with Gasteiger partial charge in [0, 0.05) is 0 Å². The van der Waals surface area contributed by atoms with Crippen LogP contribution in [0, 0.1) is 0 Å². The van der Waals surface area contributed by atoms with Crippen LogP contribution in [0.1, 0.15) is 26.7 Å². The number of ether oxygens (including phenoxy) is 1. The minimum atomic E-state index is -0.138. The maximum absolute atomic E-state index is 11.1. The molecule has 0 aromatic carbocycles. The fourth-order valence-electron chi connectivity index (χ4n) is 0.985. The van der Waals surface area contributed by atoms with Crippen molar-refractivity contribution in [3.05, 3.63) is 0 Å². The quantitative estimate of drug-likeness (QED) is 0.586. The van der Waals surface area contributed by atoms with E-state index < -0.39 is 0 Å². The van der Waals surface area contributed by atoms with Crippen molar-refractivity contribution in [2.75, 3.05) is 20.6 Å². The highest BCUT2D eigenvalue weighted by Crippen LogP contribution is 2.00. The Morgan fingerprint density at radius 1 is 1.50 bits per heavy atom. The monoisotopic (exact) mass is 173 g/mol. The van der Waals surface area contributed by atoms with Crippen molar-refractivity contribution < 1.29 is 9.53 Å². The Morgan fingerprint density at radius 3 is 2.50 bits per heavy atom. The van der Waals surface area contributed by atoms with Crippen LogP contribution >= 0.6 is 0 Å². The topological polar surface area (TPSA) is 29.5 Å². The number of carbonyl (C=O) groups excluding carboxylic acids is 1. The summed E-state index contributed by atoms with van der Waals surface area (Å²) in [4.78, 5) is 12.9. The zero-order valence-corrected chi connectivity index (χ0v) is 8.46. The molecule has 1 unspecified atom stereocenters.